The summed E-state index contributed by atoms with van der Waals surface area (Å²) in [6.07, 6.45) is 0.461. The molecule has 0 aliphatic heterocycles. The van der Waals surface area contributed by atoms with E-state index in [9.17, 15) is 30.6 Å². The zero-order valence-electron chi connectivity index (χ0n) is 16.4. The molecule has 0 saturated heterocycles. The van der Waals surface area contributed by atoms with Crippen molar-refractivity contribution in [3.8, 4) is 24.3 Å². The SMILES string of the molecule is N#CC1(C#N)Cc2cc3c(cc2CC1(C#N)C#N)CC1(C3)C(=O)c2ccccc2C1=O. The summed E-state index contributed by atoms with van der Waals surface area (Å²) in [6.45, 7) is 0. The summed E-state index contributed by atoms with van der Waals surface area (Å²) in [6, 6.07) is 18.3. The second-order valence-corrected chi connectivity index (χ2v) is 8.64. The van der Waals surface area contributed by atoms with Crippen LogP contribution in [0, 0.1) is 61.6 Å². The van der Waals surface area contributed by atoms with Crippen LogP contribution in [0.1, 0.15) is 43.0 Å². The van der Waals surface area contributed by atoms with Gasteiger partial charge in [-0.15, -0.1) is 0 Å². The van der Waals surface area contributed by atoms with Gasteiger partial charge in [0.2, 0.25) is 0 Å². The molecule has 0 saturated carbocycles. The normalized spacial score (nSPS) is 20.5. The Kier molecular flexibility index (Phi) is 3.56. The molecule has 6 nitrogen and oxygen atoms in total. The van der Waals surface area contributed by atoms with Crippen LogP contribution in [0.3, 0.4) is 0 Å². The second kappa shape index (κ2) is 5.89. The molecule has 0 atom stereocenters. The Bertz CT molecular complexity index is 1260. The van der Waals surface area contributed by atoms with Gasteiger partial charge in [-0.25, -0.2) is 0 Å². The number of benzene rings is 2. The number of nitrogens with zero attached hydrogens (tertiary/aromatic N) is 4. The molecule has 0 N–H and O–H groups in total. The third-order valence-electron chi connectivity index (χ3n) is 7.20. The van der Waals surface area contributed by atoms with Crippen LogP contribution in [0.15, 0.2) is 36.4 Å². The minimum atomic E-state index is -1.77. The predicted octanol–water partition coefficient (Wildman–Crippen LogP) is 3.02. The van der Waals surface area contributed by atoms with E-state index < -0.39 is 16.2 Å². The van der Waals surface area contributed by atoms with Crippen molar-refractivity contribution in [1.29, 1.82) is 21.0 Å². The largest absolute Gasteiger partial charge is 0.293 e. The molecule has 0 aromatic heterocycles. The molecule has 0 radical (unpaired) electrons. The lowest BCUT2D eigenvalue weighted by atomic mass is 9.57. The van der Waals surface area contributed by atoms with E-state index in [0.29, 0.717) is 11.1 Å². The highest BCUT2D eigenvalue weighted by molar-refractivity contribution is 6.30. The third-order valence-corrected chi connectivity index (χ3v) is 7.20. The maximum atomic E-state index is 13.2. The fraction of sp³-hybridized carbons (Fsp3) is 0.280. The van der Waals surface area contributed by atoms with Gasteiger partial charge in [0, 0.05) is 24.0 Å². The first kappa shape index (κ1) is 18.7. The van der Waals surface area contributed by atoms with Gasteiger partial charge in [0.05, 0.1) is 24.3 Å². The van der Waals surface area contributed by atoms with Crippen molar-refractivity contribution in [3.63, 3.8) is 0 Å². The molecule has 0 unspecified atom stereocenters. The molecule has 2 aromatic carbocycles. The Morgan fingerprint density at radius 3 is 1.32 bits per heavy atom. The van der Waals surface area contributed by atoms with Crippen LogP contribution in [0.25, 0.3) is 0 Å². The molecular weight excluding hydrogens is 388 g/mol. The molecule has 3 aliphatic rings. The van der Waals surface area contributed by atoms with E-state index in [-0.39, 0.29) is 37.2 Å². The molecule has 5 rings (SSSR count). The molecule has 0 bridgehead atoms. The van der Waals surface area contributed by atoms with Crippen molar-refractivity contribution in [3.05, 3.63) is 69.8 Å². The first-order valence-electron chi connectivity index (χ1n) is 9.86. The number of carbonyl (C=O) groups is 2. The van der Waals surface area contributed by atoms with Crippen LogP contribution < -0.4 is 0 Å². The number of nitriles is 4. The number of ketones is 2. The average Bonchev–Trinajstić information content (AvgIpc) is 3.27. The first-order chi connectivity index (χ1) is 14.9. The third kappa shape index (κ3) is 2.07. The molecule has 146 valence electrons. The Labute approximate surface area is 178 Å². The van der Waals surface area contributed by atoms with Gasteiger partial charge in [0.25, 0.3) is 0 Å². The summed E-state index contributed by atoms with van der Waals surface area (Å²) in [5, 5.41) is 38.9. The van der Waals surface area contributed by atoms with Crippen molar-refractivity contribution in [1.82, 2.24) is 0 Å². The van der Waals surface area contributed by atoms with E-state index in [1.807, 2.05) is 36.4 Å². The molecule has 31 heavy (non-hydrogen) atoms. The van der Waals surface area contributed by atoms with Crippen molar-refractivity contribution in [2.75, 3.05) is 0 Å². The van der Waals surface area contributed by atoms with Crippen LogP contribution in [0.2, 0.25) is 0 Å². The van der Waals surface area contributed by atoms with Crippen molar-refractivity contribution < 1.29 is 9.59 Å². The maximum Gasteiger partial charge on any atom is 0.179 e. The smallest absolute Gasteiger partial charge is 0.179 e. The highest BCUT2D eigenvalue weighted by Crippen LogP contribution is 2.52. The Hall–Kier alpha value is -4.26. The number of hydrogen-bond donors (Lipinski definition) is 0. The van der Waals surface area contributed by atoms with Crippen molar-refractivity contribution in [2.24, 2.45) is 16.2 Å². The highest BCUT2D eigenvalue weighted by atomic mass is 16.2. The fourth-order valence-electron chi connectivity index (χ4n) is 5.44. The van der Waals surface area contributed by atoms with E-state index in [1.54, 1.807) is 24.3 Å². The van der Waals surface area contributed by atoms with Crippen LogP contribution in [-0.2, 0) is 25.7 Å². The minimum absolute atomic E-state index is 0.0428. The van der Waals surface area contributed by atoms with E-state index in [0.717, 1.165) is 22.3 Å². The molecular formula is C25H14N4O2. The van der Waals surface area contributed by atoms with Crippen LogP contribution >= 0.6 is 0 Å². The molecule has 0 amide bonds. The highest BCUT2D eigenvalue weighted by Gasteiger charge is 2.59. The lowest BCUT2D eigenvalue weighted by molar-refractivity contribution is 0.0710. The second-order valence-electron chi connectivity index (χ2n) is 8.64. The average molecular weight is 402 g/mol. The van der Waals surface area contributed by atoms with E-state index in [4.69, 9.17) is 0 Å². The summed E-state index contributed by atoms with van der Waals surface area (Å²) in [5.74, 6) is -0.344. The molecule has 1 spiro atoms. The van der Waals surface area contributed by atoms with Gasteiger partial charge in [0.15, 0.2) is 22.4 Å². The monoisotopic (exact) mass is 402 g/mol. The van der Waals surface area contributed by atoms with Gasteiger partial charge >= 0.3 is 0 Å². The lowest BCUT2D eigenvalue weighted by Gasteiger charge is -2.37. The Morgan fingerprint density at radius 2 is 0.968 bits per heavy atom. The van der Waals surface area contributed by atoms with E-state index >= 15 is 0 Å². The molecule has 6 heteroatoms. The Balaban J connectivity index is 1.62. The summed E-state index contributed by atoms with van der Waals surface area (Å²) < 4.78 is 0. The predicted molar refractivity (Wildman–Crippen MR) is 106 cm³/mol. The zero-order chi connectivity index (χ0) is 22.0. The first-order valence-corrected chi connectivity index (χ1v) is 9.86. The van der Waals surface area contributed by atoms with Gasteiger partial charge in [-0.1, -0.05) is 36.4 Å². The number of rotatable bonds is 0. The topological polar surface area (TPSA) is 129 Å². The van der Waals surface area contributed by atoms with E-state index in [2.05, 4.69) is 0 Å². The maximum absolute atomic E-state index is 13.2. The Morgan fingerprint density at radius 1 is 0.613 bits per heavy atom. The van der Waals surface area contributed by atoms with Gasteiger partial charge in [-0.2, -0.15) is 21.0 Å². The molecule has 2 aromatic rings. The summed E-state index contributed by atoms with van der Waals surface area (Å²) >= 11 is 0. The zero-order valence-corrected chi connectivity index (χ0v) is 16.4. The quantitative estimate of drug-likeness (QED) is 0.623. The standard InChI is InChI=1S/C25H14N4O2/c26-11-23(12-27)7-15-5-17-9-25(21(30)19-3-1-2-4-20(19)22(25)31)10-18(17)6-16(15)8-24(23,13-28)14-29/h1-6H,7-10H2. The van der Waals surface area contributed by atoms with Gasteiger partial charge in [0.1, 0.15) is 5.41 Å². The molecule has 3 aliphatic carbocycles. The van der Waals surface area contributed by atoms with Crippen molar-refractivity contribution >= 4 is 11.6 Å². The molecule has 0 heterocycles. The number of hydrogen-bond acceptors (Lipinski definition) is 6. The summed E-state index contributed by atoms with van der Waals surface area (Å²) in [7, 11) is 0. The summed E-state index contributed by atoms with van der Waals surface area (Å²) in [4.78, 5) is 26.4. The fourth-order valence-corrected chi connectivity index (χ4v) is 5.44. The summed E-state index contributed by atoms with van der Waals surface area (Å²) in [5.41, 5.74) is -0.673. The van der Waals surface area contributed by atoms with Gasteiger partial charge in [-0.05, 0) is 35.1 Å². The van der Waals surface area contributed by atoms with Gasteiger partial charge in [-0.3, -0.25) is 9.59 Å². The minimum Gasteiger partial charge on any atom is -0.293 e. The van der Waals surface area contributed by atoms with Crippen LogP contribution in [0.4, 0.5) is 0 Å². The van der Waals surface area contributed by atoms with Crippen molar-refractivity contribution in [2.45, 2.75) is 25.7 Å². The molecule has 0 fully saturated rings. The number of carbonyl (C=O) groups excluding carboxylic acids is 2. The van der Waals surface area contributed by atoms with Crippen LogP contribution in [0.5, 0.6) is 0 Å². The lowest BCUT2D eigenvalue weighted by Crippen LogP contribution is -2.45. The van der Waals surface area contributed by atoms with E-state index in [1.165, 1.54) is 0 Å². The number of Topliss-reactive ketones (excluding diaryl/α,β-unsaturated/α-hetero) is 2. The van der Waals surface area contributed by atoms with Gasteiger partial charge < -0.3 is 0 Å². The van der Waals surface area contributed by atoms with Crippen LogP contribution in [-0.4, -0.2) is 11.6 Å². The number of fused-ring (bicyclic) bond motifs is 3.